The largest absolute Gasteiger partial charge is 0.497 e. The molecular formula is C30H36ClN3O6S. The summed E-state index contributed by atoms with van der Waals surface area (Å²) in [5.74, 6) is -0.260. The Labute approximate surface area is 247 Å². The second-order valence-corrected chi connectivity index (χ2v) is 12.2. The third kappa shape index (κ3) is 8.86. The molecule has 1 atom stereocenters. The second kappa shape index (κ2) is 14.2. The van der Waals surface area contributed by atoms with Crippen molar-refractivity contribution < 1.29 is 27.5 Å². The predicted octanol–water partition coefficient (Wildman–Crippen LogP) is 4.29. The SMILES string of the molecule is COc1ccc(N(CC(=O)N(Cc2cccc(Cl)c2)C(Cc2ccccc2)C(=O)NC(C)C)S(C)(=O)=O)c(OC)c1. The van der Waals surface area contributed by atoms with Gasteiger partial charge in [-0.15, -0.1) is 0 Å². The van der Waals surface area contributed by atoms with Crippen LogP contribution in [0, 0.1) is 0 Å². The quantitative estimate of drug-likeness (QED) is 0.313. The Morgan fingerprint density at radius 2 is 1.61 bits per heavy atom. The van der Waals surface area contributed by atoms with E-state index in [1.54, 1.807) is 30.3 Å². The van der Waals surface area contributed by atoms with E-state index in [0.717, 1.165) is 16.1 Å². The molecule has 0 radical (unpaired) electrons. The van der Waals surface area contributed by atoms with Crippen LogP contribution in [0.15, 0.2) is 72.8 Å². The van der Waals surface area contributed by atoms with E-state index in [9.17, 15) is 18.0 Å². The molecule has 220 valence electrons. The lowest BCUT2D eigenvalue weighted by atomic mass is 10.0. The Kier molecular flexibility index (Phi) is 11.0. The van der Waals surface area contributed by atoms with E-state index >= 15 is 0 Å². The Morgan fingerprint density at radius 1 is 0.927 bits per heavy atom. The number of rotatable bonds is 13. The highest BCUT2D eigenvalue weighted by molar-refractivity contribution is 7.92. The van der Waals surface area contributed by atoms with Gasteiger partial charge in [0, 0.05) is 30.1 Å². The van der Waals surface area contributed by atoms with Gasteiger partial charge in [-0.05, 0) is 49.2 Å². The van der Waals surface area contributed by atoms with Crippen molar-refractivity contribution in [2.75, 3.05) is 31.3 Å². The molecule has 0 fully saturated rings. The number of carbonyl (C=O) groups excluding carboxylic acids is 2. The predicted molar refractivity (Wildman–Crippen MR) is 161 cm³/mol. The third-order valence-corrected chi connectivity index (χ3v) is 7.64. The van der Waals surface area contributed by atoms with E-state index < -0.39 is 28.5 Å². The molecule has 0 aliphatic heterocycles. The molecule has 0 aliphatic rings. The highest BCUT2D eigenvalue weighted by atomic mass is 35.5. The van der Waals surface area contributed by atoms with Crippen LogP contribution in [0.2, 0.25) is 5.02 Å². The van der Waals surface area contributed by atoms with Gasteiger partial charge in [-0.25, -0.2) is 8.42 Å². The average Bonchev–Trinajstić information content (AvgIpc) is 2.92. The minimum Gasteiger partial charge on any atom is -0.497 e. The van der Waals surface area contributed by atoms with Gasteiger partial charge in [0.15, 0.2) is 0 Å². The first-order valence-electron chi connectivity index (χ1n) is 13.0. The zero-order valence-corrected chi connectivity index (χ0v) is 25.4. The number of ether oxygens (including phenoxy) is 2. The van der Waals surface area contributed by atoms with Crippen LogP contribution < -0.4 is 19.1 Å². The van der Waals surface area contributed by atoms with Crippen molar-refractivity contribution in [3.05, 3.63) is 88.9 Å². The zero-order chi connectivity index (χ0) is 30.2. The summed E-state index contributed by atoms with van der Waals surface area (Å²) in [4.78, 5) is 29.1. The van der Waals surface area contributed by atoms with E-state index in [1.807, 2.05) is 44.2 Å². The number of hydrogen-bond acceptors (Lipinski definition) is 6. The van der Waals surface area contributed by atoms with Crippen molar-refractivity contribution in [3.8, 4) is 11.5 Å². The molecule has 0 bridgehead atoms. The van der Waals surface area contributed by atoms with E-state index in [0.29, 0.717) is 16.3 Å². The number of amides is 2. The number of methoxy groups -OCH3 is 2. The third-order valence-electron chi connectivity index (χ3n) is 6.28. The second-order valence-electron chi connectivity index (χ2n) is 9.83. The zero-order valence-electron chi connectivity index (χ0n) is 23.8. The number of hydrogen-bond donors (Lipinski definition) is 1. The van der Waals surface area contributed by atoms with Gasteiger partial charge < -0.3 is 19.7 Å². The van der Waals surface area contributed by atoms with E-state index in [2.05, 4.69) is 5.32 Å². The van der Waals surface area contributed by atoms with Crippen molar-refractivity contribution in [2.45, 2.75) is 38.9 Å². The monoisotopic (exact) mass is 601 g/mol. The molecular weight excluding hydrogens is 566 g/mol. The summed E-state index contributed by atoms with van der Waals surface area (Å²) in [6.07, 6.45) is 1.23. The van der Waals surface area contributed by atoms with Crippen LogP contribution in [0.4, 0.5) is 5.69 Å². The minimum absolute atomic E-state index is 0.0275. The topological polar surface area (TPSA) is 105 Å². The molecule has 0 aromatic heterocycles. The maximum absolute atomic E-state index is 14.1. The van der Waals surface area contributed by atoms with Crippen LogP contribution in [0.25, 0.3) is 0 Å². The Morgan fingerprint density at radius 3 is 2.20 bits per heavy atom. The summed E-state index contributed by atoms with van der Waals surface area (Å²) >= 11 is 6.24. The van der Waals surface area contributed by atoms with Crippen molar-refractivity contribution in [3.63, 3.8) is 0 Å². The molecule has 0 saturated heterocycles. The lowest BCUT2D eigenvalue weighted by Gasteiger charge is -2.34. The standard InChI is InChI=1S/C30H36ClN3O6S/c1-21(2)32-30(36)27(17-22-10-7-6-8-11-22)33(19-23-12-9-13-24(31)16-23)29(35)20-34(41(5,37)38)26-15-14-25(39-3)18-28(26)40-4/h6-16,18,21,27H,17,19-20H2,1-5H3,(H,32,36). The molecule has 0 saturated carbocycles. The fraction of sp³-hybridized carbons (Fsp3) is 0.333. The average molecular weight is 602 g/mol. The van der Waals surface area contributed by atoms with Crippen molar-refractivity contribution in [1.29, 1.82) is 0 Å². The summed E-state index contributed by atoms with van der Waals surface area (Å²) in [5, 5.41) is 3.39. The van der Waals surface area contributed by atoms with Gasteiger partial charge in [0.2, 0.25) is 21.8 Å². The Hall–Kier alpha value is -3.76. The number of halogens is 1. The van der Waals surface area contributed by atoms with Crippen molar-refractivity contribution >= 4 is 39.1 Å². The van der Waals surface area contributed by atoms with Crippen LogP contribution in [-0.4, -0.2) is 64.2 Å². The number of nitrogens with one attached hydrogen (secondary N) is 1. The maximum atomic E-state index is 14.1. The molecule has 0 spiro atoms. The van der Waals surface area contributed by atoms with E-state index in [-0.39, 0.29) is 36.4 Å². The van der Waals surface area contributed by atoms with Crippen LogP contribution in [0.1, 0.15) is 25.0 Å². The van der Waals surface area contributed by atoms with Gasteiger partial charge in [0.1, 0.15) is 24.1 Å². The smallest absolute Gasteiger partial charge is 0.244 e. The highest BCUT2D eigenvalue weighted by Crippen LogP contribution is 2.34. The van der Waals surface area contributed by atoms with Gasteiger partial charge in [-0.3, -0.25) is 13.9 Å². The number of sulfonamides is 1. The molecule has 2 amide bonds. The van der Waals surface area contributed by atoms with Crippen molar-refractivity contribution in [1.82, 2.24) is 10.2 Å². The van der Waals surface area contributed by atoms with Crippen molar-refractivity contribution in [2.24, 2.45) is 0 Å². The first kappa shape index (κ1) is 31.8. The molecule has 1 N–H and O–H groups in total. The first-order valence-corrected chi connectivity index (χ1v) is 15.2. The van der Waals surface area contributed by atoms with Gasteiger partial charge >= 0.3 is 0 Å². The maximum Gasteiger partial charge on any atom is 0.244 e. The minimum atomic E-state index is -3.96. The van der Waals surface area contributed by atoms with Gasteiger partial charge in [0.25, 0.3) is 0 Å². The lowest BCUT2D eigenvalue weighted by Crippen LogP contribution is -2.54. The summed E-state index contributed by atoms with van der Waals surface area (Å²) < 4.78 is 37.7. The van der Waals surface area contributed by atoms with Crippen LogP contribution in [0.5, 0.6) is 11.5 Å². The molecule has 9 nitrogen and oxygen atoms in total. The van der Waals surface area contributed by atoms with Crippen LogP contribution >= 0.6 is 11.6 Å². The molecule has 0 heterocycles. The Bertz CT molecular complexity index is 1450. The lowest BCUT2D eigenvalue weighted by molar-refractivity contribution is -0.140. The molecule has 0 aliphatic carbocycles. The fourth-order valence-electron chi connectivity index (χ4n) is 4.35. The van der Waals surface area contributed by atoms with Crippen LogP contribution in [0.3, 0.4) is 0 Å². The highest BCUT2D eigenvalue weighted by Gasteiger charge is 2.34. The number of nitrogens with zero attached hydrogens (tertiary/aromatic N) is 2. The van der Waals surface area contributed by atoms with E-state index in [4.69, 9.17) is 21.1 Å². The number of benzene rings is 3. The van der Waals surface area contributed by atoms with Crippen LogP contribution in [-0.2, 0) is 32.6 Å². The molecule has 3 aromatic rings. The molecule has 3 aromatic carbocycles. The molecule has 3 rings (SSSR count). The molecule has 41 heavy (non-hydrogen) atoms. The van der Waals surface area contributed by atoms with Gasteiger partial charge in [-0.2, -0.15) is 0 Å². The summed E-state index contributed by atoms with van der Waals surface area (Å²) in [6.45, 7) is 3.13. The Balaban J connectivity index is 2.09. The first-order chi connectivity index (χ1) is 19.4. The summed E-state index contributed by atoms with van der Waals surface area (Å²) in [7, 11) is -1.08. The fourth-order valence-corrected chi connectivity index (χ4v) is 5.42. The molecule has 11 heteroatoms. The van der Waals surface area contributed by atoms with Gasteiger partial charge in [-0.1, -0.05) is 54.1 Å². The number of carbonyl (C=O) groups is 2. The van der Waals surface area contributed by atoms with Gasteiger partial charge in [0.05, 0.1) is 26.2 Å². The van der Waals surface area contributed by atoms with E-state index in [1.165, 1.54) is 31.3 Å². The normalized spacial score (nSPS) is 12.0. The summed E-state index contributed by atoms with van der Waals surface area (Å²) in [6, 6.07) is 19.8. The number of anilines is 1. The summed E-state index contributed by atoms with van der Waals surface area (Å²) in [5.41, 5.74) is 1.70. The molecule has 1 unspecified atom stereocenters.